The van der Waals surface area contributed by atoms with Gasteiger partial charge in [0.15, 0.2) is 0 Å². The molecule has 0 radical (unpaired) electrons. The topological polar surface area (TPSA) is 47.7 Å². The Morgan fingerprint density at radius 1 is 1.44 bits per heavy atom. The van der Waals surface area contributed by atoms with Gasteiger partial charge in [-0.25, -0.2) is 0 Å². The van der Waals surface area contributed by atoms with Crippen molar-refractivity contribution >= 4 is 0 Å². The highest BCUT2D eigenvalue weighted by Gasteiger charge is 2.44. The van der Waals surface area contributed by atoms with E-state index in [1.165, 1.54) is 19.3 Å². The highest BCUT2D eigenvalue weighted by Crippen LogP contribution is 2.36. The number of ether oxygens (including phenoxy) is 2. The van der Waals surface area contributed by atoms with Gasteiger partial charge >= 0.3 is 0 Å². The van der Waals surface area contributed by atoms with Crippen molar-refractivity contribution in [1.29, 1.82) is 0 Å². The molecule has 2 N–H and O–H groups in total. The van der Waals surface area contributed by atoms with Crippen LogP contribution in [0.3, 0.4) is 0 Å². The Labute approximate surface area is 111 Å². The molecule has 4 unspecified atom stereocenters. The van der Waals surface area contributed by atoms with Gasteiger partial charge in [-0.2, -0.15) is 0 Å². The smallest absolute Gasteiger partial charge is 0.0675 e. The largest absolute Gasteiger partial charge is 0.381 e. The van der Waals surface area contributed by atoms with E-state index in [1.807, 2.05) is 7.11 Å². The molecule has 0 spiro atoms. The number of hydrogen-bond donors (Lipinski definition) is 1. The average molecular weight is 256 g/mol. The molecular weight excluding hydrogens is 228 g/mol. The molecule has 18 heavy (non-hydrogen) atoms. The first-order valence-electron chi connectivity index (χ1n) is 7.22. The third-order valence-corrected chi connectivity index (χ3v) is 4.71. The number of rotatable bonds is 3. The third kappa shape index (κ3) is 2.72. The zero-order chi connectivity index (χ0) is 13.2. The summed E-state index contributed by atoms with van der Waals surface area (Å²) in [7, 11) is 1.82. The summed E-state index contributed by atoms with van der Waals surface area (Å²) in [5.74, 6) is 0. The highest BCUT2D eigenvalue weighted by atomic mass is 16.5. The molecule has 1 aliphatic carbocycles. The monoisotopic (exact) mass is 256 g/mol. The van der Waals surface area contributed by atoms with E-state index in [0.29, 0.717) is 18.2 Å². The zero-order valence-corrected chi connectivity index (χ0v) is 12.0. The van der Waals surface area contributed by atoms with Gasteiger partial charge in [-0.05, 0) is 39.5 Å². The van der Waals surface area contributed by atoms with Crippen LogP contribution in [-0.4, -0.2) is 55.5 Å². The van der Waals surface area contributed by atoms with Gasteiger partial charge in [-0.15, -0.1) is 0 Å². The van der Waals surface area contributed by atoms with E-state index in [2.05, 4.69) is 18.7 Å². The predicted molar refractivity (Wildman–Crippen MR) is 72.6 cm³/mol. The molecule has 4 heteroatoms. The Kier molecular flexibility index (Phi) is 4.64. The van der Waals surface area contributed by atoms with Crippen LogP contribution in [0, 0.1) is 0 Å². The summed E-state index contributed by atoms with van der Waals surface area (Å²) in [6, 6.07) is 0.459. The second-order valence-electron chi connectivity index (χ2n) is 6.03. The number of morpholine rings is 1. The minimum absolute atomic E-state index is 0.121. The lowest BCUT2D eigenvalue weighted by Crippen LogP contribution is -2.64. The van der Waals surface area contributed by atoms with Gasteiger partial charge in [0.25, 0.3) is 0 Å². The summed E-state index contributed by atoms with van der Waals surface area (Å²) in [5, 5.41) is 0. The summed E-state index contributed by atoms with van der Waals surface area (Å²) in [5.41, 5.74) is 6.28. The van der Waals surface area contributed by atoms with Crippen molar-refractivity contribution in [2.24, 2.45) is 5.73 Å². The first kappa shape index (κ1) is 14.3. The summed E-state index contributed by atoms with van der Waals surface area (Å²) >= 11 is 0. The second-order valence-corrected chi connectivity index (χ2v) is 6.03. The van der Waals surface area contributed by atoms with E-state index in [-0.39, 0.29) is 5.54 Å². The van der Waals surface area contributed by atoms with Crippen LogP contribution in [0.25, 0.3) is 0 Å². The van der Waals surface area contributed by atoms with Crippen LogP contribution < -0.4 is 5.73 Å². The fraction of sp³-hybridized carbons (Fsp3) is 1.00. The van der Waals surface area contributed by atoms with Gasteiger partial charge in [0, 0.05) is 31.8 Å². The van der Waals surface area contributed by atoms with Crippen molar-refractivity contribution in [3.8, 4) is 0 Å². The van der Waals surface area contributed by atoms with Crippen LogP contribution in [0.15, 0.2) is 0 Å². The van der Waals surface area contributed by atoms with E-state index in [1.54, 1.807) is 0 Å². The zero-order valence-electron chi connectivity index (χ0n) is 12.0. The SMILES string of the molecule is COC1CCCC(CN)(N2CC(C)OCC2C)C1. The highest BCUT2D eigenvalue weighted by molar-refractivity contribution is 5.00. The van der Waals surface area contributed by atoms with E-state index >= 15 is 0 Å². The molecule has 0 aromatic rings. The van der Waals surface area contributed by atoms with Crippen LogP contribution in [0.5, 0.6) is 0 Å². The molecule has 0 amide bonds. The number of hydrogen-bond acceptors (Lipinski definition) is 4. The Hall–Kier alpha value is -0.160. The maximum absolute atomic E-state index is 6.16. The first-order valence-corrected chi connectivity index (χ1v) is 7.22. The average Bonchev–Trinajstić information content (AvgIpc) is 2.41. The van der Waals surface area contributed by atoms with Crippen molar-refractivity contribution in [2.45, 2.75) is 63.3 Å². The minimum Gasteiger partial charge on any atom is -0.381 e. The third-order valence-electron chi connectivity index (χ3n) is 4.71. The standard InChI is InChI=1S/C14H28N2O2/c1-11-9-18-12(2)8-16(11)14(10-15)6-4-5-13(7-14)17-3/h11-13H,4-10,15H2,1-3H3. The van der Waals surface area contributed by atoms with Gasteiger partial charge in [-0.1, -0.05) is 0 Å². The van der Waals surface area contributed by atoms with Crippen molar-refractivity contribution < 1.29 is 9.47 Å². The lowest BCUT2D eigenvalue weighted by atomic mass is 9.77. The molecule has 2 rings (SSSR count). The molecule has 0 bridgehead atoms. The molecule has 1 saturated heterocycles. The van der Waals surface area contributed by atoms with Gasteiger partial charge in [0.05, 0.1) is 18.8 Å². The number of nitrogens with two attached hydrogens (primary N) is 1. The number of nitrogens with zero attached hydrogens (tertiary/aromatic N) is 1. The summed E-state index contributed by atoms with van der Waals surface area (Å²) in [6.45, 7) is 6.94. The predicted octanol–water partition coefficient (Wildman–Crippen LogP) is 1.38. The van der Waals surface area contributed by atoms with E-state index in [9.17, 15) is 0 Å². The molecule has 1 heterocycles. The normalized spacial score (nSPS) is 43.0. The Morgan fingerprint density at radius 3 is 2.89 bits per heavy atom. The summed E-state index contributed by atoms with van der Waals surface area (Å²) in [4.78, 5) is 2.59. The molecule has 4 atom stereocenters. The second kappa shape index (κ2) is 5.87. The minimum atomic E-state index is 0.121. The molecule has 1 saturated carbocycles. The molecule has 4 nitrogen and oxygen atoms in total. The van der Waals surface area contributed by atoms with Gasteiger partial charge in [-0.3, -0.25) is 4.90 Å². The molecular formula is C14H28N2O2. The summed E-state index contributed by atoms with van der Waals surface area (Å²) in [6.07, 6.45) is 5.33. The van der Waals surface area contributed by atoms with Crippen LogP contribution in [0.4, 0.5) is 0 Å². The summed E-state index contributed by atoms with van der Waals surface area (Å²) < 4.78 is 11.3. The van der Waals surface area contributed by atoms with Gasteiger partial charge in [0.1, 0.15) is 0 Å². The van der Waals surface area contributed by atoms with Crippen LogP contribution >= 0.6 is 0 Å². The Bertz CT molecular complexity index is 275. The van der Waals surface area contributed by atoms with Crippen molar-refractivity contribution in [2.75, 3.05) is 26.8 Å². The fourth-order valence-electron chi connectivity index (χ4n) is 3.62. The lowest BCUT2D eigenvalue weighted by molar-refractivity contribution is -0.116. The molecule has 1 aliphatic heterocycles. The van der Waals surface area contributed by atoms with Gasteiger partial charge < -0.3 is 15.2 Å². The van der Waals surface area contributed by atoms with Crippen LogP contribution in [0.1, 0.15) is 39.5 Å². The van der Waals surface area contributed by atoms with Crippen LogP contribution in [-0.2, 0) is 9.47 Å². The Morgan fingerprint density at radius 2 is 2.22 bits per heavy atom. The maximum Gasteiger partial charge on any atom is 0.0675 e. The maximum atomic E-state index is 6.16. The van der Waals surface area contributed by atoms with Crippen molar-refractivity contribution in [1.82, 2.24) is 4.90 Å². The molecule has 106 valence electrons. The van der Waals surface area contributed by atoms with Crippen molar-refractivity contribution in [3.63, 3.8) is 0 Å². The van der Waals surface area contributed by atoms with E-state index in [0.717, 1.165) is 26.1 Å². The van der Waals surface area contributed by atoms with E-state index < -0.39 is 0 Å². The van der Waals surface area contributed by atoms with Crippen LogP contribution in [0.2, 0.25) is 0 Å². The quantitative estimate of drug-likeness (QED) is 0.829. The number of methoxy groups -OCH3 is 1. The Balaban J connectivity index is 2.14. The van der Waals surface area contributed by atoms with Gasteiger partial charge in [0.2, 0.25) is 0 Å². The molecule has 2 aliphatic rings. The lowest BCUT2D eigenvalue weighted by Gasteiger charge is -2.53. The van der Waals surface area contributed by atoms with Crippen molar-refractivity contribution in [3.05, 3.63) is 0 Å². The molecule has 0 aromatic carbocycles. The van der Waals surface area contributed by atoms with E-state index in [4.69, 9.17) is 15.2 Å². The molecule has 2 fully saturated rings. The molecule has 0 aromatic heterocycles. The fourth-order valence-corrected chi connectivity index (χ4v) is 3.62. The first-order chi connectivity index (χ1) is 8.61.